The molecule has 0 saturated carbocycles. The average Bonchev–Trinajstić information content (AvgIpc) is 2.83. The first-order chi connectivity index (χ1) is 7.79. The highest BCUT2D eigenvalue weighted by molar-refractivity contribution is 7.07. The third-order valence-corrected chi connectivity index (χ3v) is 3.22. The van der Waals surface area contributed by atoms with Crippen molar-refractivity contribution in [1.82, 2.24) is 0 Å². The summed E-state index contributed by atoms with van der Waals surface area (Å²) in [6, 6.07) is 9.74. The van der Waals surface area contributed by atoms with Gasteiger partial charge in [-0.1, -0.05) is 12.1 Å². The number of ether oxygens (including phenoxy) is 1. The van der Waals surface area contributed by atoms with Gasteiger partial charge in [0.2, 0.25) is 0 Å². The zero-order chi connectivity index (χ0) is 11.4. The van der Waals surface area contributed by atoms with Crippen molar-refractivity contribution in [3.8, 4) is 5.75 Å². The molecule has 0 aliphatic rings. The predicted octanol–water partition coefficient (Wildman–Crippen LogP) is 3.03. The van der Waals surface area contributed by atoms with Gasteiger partial charge in [-0.25, -0.2) is 0 Å². The van der Waals surface area contributed by atoms with Gasteiger partial charge in [-0.2, -0.15) is 11.3 Å². The highest BCUT2D eigenvalue weighted by Gasteiger charge is 2.08. The van der Waals surface area contributed by atoms with Gasteiger partial charge >= 0.3 is 0 Å². The molecule has 1 atom stereocenters. The summed E-state index contributed by atoms with van der Waals surface area (Å²) in [6.45, 7) is 0. The molecule has 0 bridgehead atoms. The summed E-state index contributed by atoms with van der Waals surface area (Å²) in [5.74, 6) is 0.841. The first-order valence-electron chi connectivity index (χ1n) is 5.12. The molecule has 0 spiro atoms. The van der Waals surface area contributed by atoms with Crippen LogP contribution < -0.4 is 4.74 Å². The van der Waals surface area contributed by atoms with Crippen LogP contribution in [0.3, 0.4) is 0 Å². The van der Waals surface area contributed by atoms with Crippen LogP contribution in [0.4, 0.5) is 0 Å². The molecular weight excluding hydrogens is 220 g/mol. The van der Waals surface area contributed by atoms with Crippen molar-refractivity contribution in [2.45, 2.75) is 12.5 Å². The first kappa shape index (κ1) is 11.2. The first-order valence-corrected chi connectivity index (χ1v) is 6.07. The molecule has 0 amide bonds. The van der Waals surface area contributed by atoms with E-state index >= 15 is 0 Å². The standard InChI is InChI=1S/C13H14O2S/c1-15-12-4-2-10(3-5-12)8-13(14)11-6-7-16-9-11/h2-7,9,13-14H,8H2,1H3. The average molecular weight is 234 g/mol. The summed E-state index contributed by atoms with van der Waals surface area (Å²) >= 11 is 1.60. The van der Waals surface area contributed by atoms with E-state index in [1.807, 2.05) is 41.1 Å². The van der Waals surface area contributed by atoms with Gasteiger partial charge in [0.15, 0.2) is 0 Å². The second-order valence-corrected chi connectivity index (χ2v) is 4.40. The lowest BCUT2D eigenvalue weighted by Gasteiger charge is -2.09. The molecule has 0 aliphatic heterocycles. The normalized spacial score (nSPS) is 12.4. The van der Waals surface area contributed by atoms with Gasteiger partial charge in [0.05, 0.1) is 13.2 Å². The fourth-order valence-corrected chi connectivity index (χ4v) is 2.27. The Balaban J connectivity index is 2.03. The van der Waals surface area contributed by atoms with E-state index in [9.17, 15) is 5.11 Å². The van der Waals surface area contributed by atoms with Gasteiger partial charge in [-0.15, -0.1) is 0 Å². The largest absolute Gasteiger partial charge is 0.497 e. The van der Waals surface area contributed by atoms with E-state index in [-0.39, 0.29) is 0 Å². The minimum Gasteiger partial charge on any atom is -0.497 e. The number of rotatable bonds is 4. The van der Waals surface area contributed by atoms with Crippen LogP contribution in [0.5, 0.6) is 5.75 Å². The van der Waals surface area contributed by atoms with Gasteiger partial charge in [0, 0.05) is 6.42 Å². The minimum atomic E-state index is -0.417. The van der Waals surface area contributed by atoms with Crippen LogP contribution in [0.25, 0.3) is 0 Å². The van der Waals surface area contributed by atoms with Crippen LogP contribution in [0.15, 0.2) is 41.1 Å². The quantitative estimate of drug-likeness (QED) is 0.881. The van der Waals surface area contributed by atoms with Gasteiger partial charge in [-0.05, 0) is 40.1 Å². The zero-order valence-electron chi connectivity index (χ0n) is 9.09. The highest BCUT2D eigenvalue weighted by Crippen LogP contribution is 2.21. The Morgan fingerprint density at radius 3 is 2.56 bits per heavy atom. The van der Waals surface area contributed by atoms with Gasteiger partial charge in [0.25, 0.3) is 0 Å². The predicted molar refractivity (Wildman–Crippen MR) is 66.0 cm³/mol. The van der Waals surface area contributed by atoms with Crippen molar-refractivity contribution < 1.29 is 9.84 Å². The molecule has 0 saturated heterocycles. The summed E-state index contributed by atoms with van der Waals surface area (Å²) in [5, 5.41) is 13.9. The van der Waals surface area contributed by atoms with Crippen LogP contribution in [0.2, 0.25) is 0 Å². The van der Waals surface area contributed by atoms with Crippen molar-refractivity contribution in [3.63, 3.8) is 0 Å². The van der Waals surface area contributed by atoms with Crippen molar-refractivity contribution in [3.05, 3.63) is 52.2 Å². The van der Waals surface area contributed by atoms with Crippen LogP contribution in [0, 0.1) is 0 Å². The van der Waals surface area contributed by atoms with Crippen molar-refractivity contribution in [1.29, 1.82) is 0 Å². The molecule has 16 heavy (non-hydrogen) atoms. The topological polar surface area (TPSA) is 29.5 Å². The second-order valence-electron chi connectivity index (χ2n) is 3.62. The molecule has 0 fully saturated rings. The zero-order valence-corrected chi connectivity index (χ0v) is 9.91. The number of hydrogen-bond acceptors (Lipinski definition) is 3. The molecule has 1 aromatic heterocycles. The Hall–Kier alpha value is -1.32. The number of aliphatic hydroxyl groups excluding tert-OH is 1. The molecule has 2 nitrogen and oxygen atoms in total. The summed E-state index contributed by atoms with van der Waals surface area (Å²) in [4.78, 5) is 0. The van der Waals surface area contributed by atoms with E-state index in [0.717, 1.165) is 16.9 Å². The van der Waals surface area contributed by atoms with Gasteiger partial charge in [0.1, 0.15) is 5.75 Å². The number of aliphatic hydroxyl groups is 1. The maximum Gasteiger partial charge on any atom is 0.118 e. The molecule has 0 radical (unpaired) electrons. The lowest BCUT2D eigenvalue weighted by atomic mass is 10.0. The Kier molecular flexibility index (Phi) is 3.59. The third-order valence-electron chi connectivity index (χ3n) is 2.52. The second kappa shape index (κ2) is 5.14. The van der Waals surface area contributed by atoms with E-state index in [4.69, 9.17) is 4.74 Å². The molecule has 1 aromatic carbocycles. The SMILES string of the molecule is COc1ccc(CC(O)c2ccsc2)cc1. The van der Waals surface area contributed by atoms with E-state index in [1.54, 1.807) is 18.4 Å². The fraction of sp³-hybridized carbons (Fsp3) is 0.231. The van der Waals surface area contributed by atoms with Crippen LogP contribution in [-0.4, -0.2) is 12.2 Å². The Morgan fingerprint density at radius 2 is 2.00 bits per heavy atom. The minimum absolute atomic E-state index is 0.417. The lowest BCUT2D eigenvalue weighted by molar-refractivity contribution is 0.179. The highest BCUT2D eigenvalue weighted by atomic mass is 32.1. The maximum absolute atomic E-state index is 9.96. The molecule has 84 valence electrons. The van der Waals surface area contributed by atoms with Crippen molar-refractivity contribution >= 4 is 11.3 Å². The number of thiophene rings is 1. The number of methoxy groups -OCH3 is 1. The van der Waals surface area contributed by atoms with Crippen LogP contribution >= 0.6 is 11.3 Å². The lowest BCUT2D eigenvalue weighted by Crippen LogP contribution is -2.00. The molecule has 2 aromatic rings. The third kappa shape index (κ3) is 2.62. The van der Waals surface area contributed by atoms with Crippen molar-refractivity contribution in [2.75, 3.05) is 7.11 Å². The summed E-state index contributed by atoms with van der Waals surface area (Å²) in [6.07, 6.45) is 0.223. The molecule has 1 N–H and O–H groups in total. The van der Waals surface area contributed by atoms with Gasteiger partial charge in [-0.3, -0.25) is 0 Å². The van der Waals surface area contributed by atoms with E-state index in [0.29, 0.717) is 6.42 Å². The monoisotopic (exact) mass is 234 g/mol. The van der Waals surface area contributed by atoms with E-state index < -0.39 is 6.10 Å². The van der Waals surface area contributed by atoms with Gasteiger partial charge < -0.3 is 9.84 Å². The smallest absolute Gasteiger partial charge is 0.118 e. The molecule has 0 aliphatic carbocycles. The Labute approximate surface area is 99.1 Å². The molecule has 2 rings (SSSR count). The van der Waals surface area contributed by atoms with Crippen LogP contribution in [0.1, 0.15) is 17.2 Å². The molecular formula is C13H14O2S. The number of benzene rings is 1. The summed E-state index contributed by atoms with van der Waals surface area (Å²) in [5.41, 5.74) is 2.10. The Bertz CT molecular complexity index is 420. The maximum atomic E-state index is 9.96. The van der Waals surface area contributed by atoms with Crippen LogP contribution in [-0.2, 0) is 6.42 Å². The molecule has 1 unspecified atom stereocenters. The Morgan fingerprint density at radius 1 is 1.25 bits per heavy atom. The number of hydrogen-bond donors (Lipinski definition) is 1. The van der Waals surface area contributed by atoms with Crippen molar-refractivity contribution in [2.24, 2.45) is 0 Å². The summed E-state index contributed by atoms with van der Waals surface area (Å²) < 4.78 is 5.09. The van der Waals surface area contributed by atoms with E-state index in [2.05, 4.69) is 0 Å². The fourth-order valence-electron chi connectivity index (χ4n) is 1.57. The molecule has 1 heterocycles. The molecule has 3 heteroatoms. The van der Waals surface area contributed by atoms with E-state index in [1.165, 1.54) is 0 Å². The summed E-state index contributed by atoms with van der Waals surface area (Å²) in [7, 11) is 1.65.